The van der Waals surface area contributed by atoms with Crippen LogP contribution in [-0.2, 0) is 20.0 Å². The molecule has 1 aliphatic rings. The van der Waals surface area contributed by atoms with Gasteiger partial charge in [-0.15, -0.1) is 0 Å². The molecule has 1 heterocycles. The Hall–Kier alpha value is -0.400. The van der Waals surface area contributed by atoms with Crippen LogP contribution in [0.4, 0.5) is 0 Å². The molecule has 0 radical (unpaired) electrons. The molecule has 0 aromatic carbocycles. The molecule has 0 fully saturated rings. The lowest BCUT2D eigenvalue weighted by atomic mass is 10.6. The predicted molar refractivity (Wildman–Crippen MR) is 46.3 cm³/mol. The van der Waals surface area contributed by atoms with Crippen molar-refractivity contribution in [2.24, 2.45) is 0 Å². The SMILES string of the molecule is C.CC1=C(C)S(=O)(=O)[N-]S1(=O)=O. The molecule has 0 atom stereocenters. The predicted octanol–water partition coefficient (Wildman–Crippen LogP) is 0.921. The van der Waals surface area contributed by atoms with Crippen LogP contribution in [0.1, 0.15) is 21.3 Å². The van der Waals surface area contributed by atoms with Crippen LogP contribution in [0.5, 0.6) is 0 Å². The van der Waals surface area contributed by atoms with Crippen molar-refractivity contribution >= 4 is 20.0 Å². The first-order valence-electron chi connectivity index (χ1n) is 2.69. The van der Waals surface area contributed by atoms with Crippen molar-refractivity contribution in [1.29, 1.82) is 0 Å². The summed E-state index contributed by atoms with van der Waals surface area (Å²) in [4.78, 5) is -0.366. The van der Waals surface area contributed by atoms with Gasteiger partial charge in [0, 0.05) is 9.81 Å². The van der Waals surface area contributed by atoms with Crippen LogP contribution in [0.15, 0.2) is 9.81 Å². The van der Waals surface area contributed by atoms with E-state index >= 15 is 0 Å². The number of rotatable bonds is 0. The average molecular weight is 212 g/mol. The average Bonchev–Trinajstić information content (AvgIpc) is 1.91. The molecular formula is C5H10NO4S2-. The quantitative estimate of drug-likeness (QED) is 0.597. The molecule has 72 valence electrons. The standard InChI is InChI=1S/C4H6NO4S2.CH4/c1-3-4(2)11(8,9)5-10(3,6)7;/h1-2H3;1H4/q-1;. The monoisotopic (exact) mass is 212 g/mol. The van der Waals surface area contributed by atoms with Gasteiger partial charge in [-0.05, 0) is 13.8 Å². The molecule has 1 aliphatic heterocycles. The second-order valence-electron chi connectivity index (χ2n) is 2.14. The van der Waals surface area contributed by atoms with Gasteiger partial charge in [0.1, 0.15) is 20.0 Å². The van der Waals surface area contributed by atoms with Crippen LogP contribution >= 0.6 is 0 Å². The van der Waals surface area contributed by atoms with Crippen LogP contribution in [-0.4, -0.2) is 16.8 Å². The normalized spacial score (nSPS) is 25.2. The molecule has 1 rings (SSSR count). The number of hydrogen-bond donors (Lipinski definition) is 0. The largest absolute Gasteiger partial charge is 0.428 e. The smallest absolute Gasteiger partial charge is 0.109 e. The zero-order valence-electron chi connectivity index (χ0n) is 5.90. The Morgan fingerprint density at radius 2 is 1.17 bits per heavy atom. The van der Waals surface area contributed by atoms with Crippen LogP contribution < -0.4 is 0 Å². The zero-order valence-corrected chi connectivity index (χ0v) is 7.53. The van der Waals surface area contributed by atoms with E-state index in [-0.39, 0.29) is 17.2 Å². The molecule has 0 N–H and O–H groups in total. The highest BCUT2D eigenvalue weighted by atomic mass is 32.3. The molecule has 0 aliphatic carbocycles. The minimum absolute atomic E-state index is 0. The molecule has 0 aromatic heterocycles. The highest BCUT2D eigenvalue weighted by Gasteiger charge is 2.23. The fraction of sp³-hybridized carbons (Fsp3) is 0.600. The van der Waals surface area contributed by atoms with Crippen molar-refractivity contribution in [3.05, 3.63) is 13.9 Å². The lowest BCUT2D eigenvalue weighted by Gasteiger charge is -2.08. The minimum Gasteiger partial charge on any atom is -0.428 e. The second kappa shape index (κ2) is 2.82. The molecule has 0 saturated carbocycles. The van der Waals surface area contributed by atoms with E-state index in [0.29, 0.717) is 0 Å². The Labute approximate surface area is 72.6 Å². The molecule has 0 saturated heterocycles. The summed E-state index contributed by atoms with van der Waals surface area (Å²) in [7, 11) is -7.73. The fourth-order valence-corrected chi connectivity index (χ4v) is 3.89. The third kappa shape index (κ3) is 1.52. The summed E-state index contributed by atoms with van der Waals surface area (Å²) in [6.07, 6.45) is 0. The van der Waals surface area contributed by atoms with Gasteiger partial charge < -0.3 is 4.13 Å². The first-order chi connectivity index (χ1) is 4.77. The van der Waals surface area contributed by atoms with Crippen molar-refractivity contribution in [3.63, 3.8) is 0 Å². The molecule has 0 bridgehead atoms. The Kier molecular flexibility index (Phi) is 2.73. The van der Waals surface area contributed by atoms with Gasteiger partial charge >= 0.3 is 0 Å². The highest BCUT2D eigenvalue weighted by Crippen LogP contribution is 2.34. The summed E-state index contributed by atoms with van der Waals surface area (Å²) >= 11 is 0. The van der Waals surface area contributed by atoms with Crippen molar-refractivity contribution < 1.29 is 16.8 Å². The van der Waals surface area contributed by atoms with E-state index in [4.69, 9.17) is 0 Å². The summed E-state index contributed by atoms with van der Waals surface area (Å²) in [5.74, 6) is 0. The zero-order chi connectivity index (χ0) is 8.86. The third-order valence-corrected chi connectivity index (χ3v) is 5.33. The molecule has 0 spiro atoms. The van der Waals surface area contributed by atoms with Gasteiger partial charge in [0.25, 0.3) is 0 Å². The topological polar surface area (TPSA) is 82.4 Å². The molecule has 0 aromatic rings. The maximum atomic E-state index is 10.8. The minimum atomic E-state index is -3.87. The van der Waals surface area contributed by atoms with Gasteiger partial charge in [0.2, 0.25) is 0 Å². The highest BCUT2D eigenvalue weighted by molar-refractivity contribution is 8.18. The maximum absolute atomic E-state index is 10.8. The van der Waals surface area contributed by atoms with Gasteiger partial charge in [-0.25, -0.2) is 16.8 Å². The van der Waals surface area contributed by atoms with E-state index in [9.17, 15) is 16.8 Å². The van der Waals surface area contributed by atoms with E-state index in [0.717, 1.165) is 0 Å². The van der Waals surface area contributed by atoms with Gasteiger partial charge in [0.05, 0.1) is 0 Å². The van der Waals surface area contributed by atoms with Crippen molar-refractivity contribution in [1.82, 2.24) is 0 Å². The summed E-state index contributed by atoms with van der Waals surface area (Å²) in [6.45, 7) is 2.44. The Morgan fingerprint density at radius 3 is 1.25 bits per heavy atom. The molecule has 5 nitrogen and oxygen atoms in total. The lowest BCUT2D eigenvalue weighted by Crippen LogP contribution is -1.94. The van der Waals surface area contributed by atoms with Crippen LogP contribution in [0.2, 0.25) is 0 Å². The summed E-state index contributed by atoms with van der Waals surface area (Å²) in [6, 6.07) is 0. The third-order valence-electron chi connectivity index (χ3n) is 1.47. The number of allylic oxidation sites excluding steroid dienone is 2. The van der Waals surface area contributed by atoms with Crippen LogP contribution in [0.3, 0.4) is 0 Å². The van der Waals surface area contributed by atoms with Crippen LogP contribution in [0.25, 0.3) is 4.13 Å². The van der Waals surface area contributed by atoms with Crippen LogP contribution in [0, 0.1) is 0 Å². The molecule has 0 unspecified atom stereocenters. The maximum Gasteiger partial charge on any atom is 0.109 e. The lowest BCUT2D eigenvalue weighted by molar-refractivity contribution is 0.605. The molecular weight excluding hydrogens is 202 g/mol. The molecule has 0 amide bonds. The Morgan fingerprint density at radius 1 is 0.917 bits per heavy atom. The van der Waals surface area contributed by atoms with Crippen molar-refractivity contribution in [2.75, 3.05) is 0 Å². The van der Waals surface area contributed by atoms with E-state index in [1.807, 2.05) is 0 Å². The fourth-order valence-electron chi connectivity index (χ4n) is 0.604. The second-order valence-corrected chi connectivity index (χ2v) is 5.86. The summed E-state index contributed by atoms with van der Waals surface area (Å²) in [5, 5.41) is 0. The van der Waals surface area contributed by atoms with E-state index in [1.165, 1.54) is 13.8 Å². The number of hydrogen-bond acceptors (Lipinski definition) is 4. The van der Waals surface area contributed by atoms with Gasteiger partial charge in [-0.3, -0.25) is 0 Å². The van der Waals surface area contributed by atoms with E-state index < -0.39 is 20.0 Å². The summed E-state index contributed by atoms with van der Waals surface area (Å²) in [5.41, 5.74) is 0. The van der Waals surface area contributed by atoms with E-state index in [1.54, 1.807) is 0 Å². The van der Waals surface area contributed by atoms with Crippen molar-refractivity contribution in [2.45, 2.75) is 21.3 Å². The Balaban J connectivity index is 0.00000121. The molecule has 7 heteroatoms. The van der Waals surface area contributed by atoms with E-state index in [2.05, 4.69) is 4.13 Å². The summed E-state index contributed by atoms with van der Waals surface area (Å²) < 4.78 is 45.8. The van der Waals surface area contributed by atoms with Crippen molar-refractivity contribution in [3.8, 4) is 0 Å². The van der Waals surface area contributed by atoms with Gasteiger partial charge in [0.15, 0.2) is 0 Å². The number of nitrogens with zero attached hydrogens (tertiary/aromatic N) is 1. The first-order valence-corrected chi connectivity index (χ1v) is 5.57. The Bertz CT molecular complexity index is 374. The molecule has 12 heavy (non-hydrogen) atoms. The first kappa shape index (κ1) is 11.6. The number of sulfonamides is 2. The van der Waals surface area contributed by atoms with Gasteiger partial charge in [-0.1, -0.05) is 7.43 Å². The van der Waals surface area contributed by atoms with Gasteiger partial charge in [-0.2, -0.15) is 0 Å².